The molecule has 0 aliphatic rings. The van der Waals surface area contributed by atoms with Crippen LogP contribution in [0.25, 0.3) is 0 Å². The van der Waals surface area contributed by atoms with Gasteiger partial charge in [0.2, 0.25) is 0 Å². The van der Waals surface area contributed by atoms with Gasteiger partial charge in [-0.2, -0.15) is 0 Å². The zero-order valence-electron chi connectivity index (χ0n) is 14.0. The van der Waals surface area contributed by atoms with Crippen LogP contribution in [0.2, 0.25) is 0 Å². The number of anilines is 1. The summed E-state index contributed by atoms with van der Waals surface area (Å²) in [6.07, 6.45) is 5.78. The van der Waals surface area contributed by atoms with Crippen molar-refractivity contribution in [2.75, 3.05) is 11.4 Å². The molecule has 1 aromatic carbocycles. The summed E-state index contributed by atoms with van der Waals surface area (Å²) in [6.45, 7) is 10.1. The minimum Gasteiger partial charge on any atom is -0.369 e. The van der Waals surface area contributed by atoms with E-state index in [4.69, 9.17) is 5.73 Å². The first-order valence-corrected chi connectivity index (χ1v) is 9.09. The zero-order chi connectivity index (χ0) is 15.8. The molecule has 0 aromatic heterocycles. The van der Waals surface area contributed by atoms with Gasteiger partial charge in [0.1, 0.15) is 0 Å². The van der Waals surface area contributed by atoms with E-state index in [1.807, 2.05) is 0 Å². The van der Waals surface area contributed by atoms with Gasteiger partial charge in [-0.25, -0.2) is 0 Å². The Labute approximate surface area is 139 Å². The number of benzene rings is 1. The van der Waals surface area contributed by atoms with Gasteiger partial charge in [-0.1, -0.05) is 48.7 Å². The lowest BCUT2D eigenvalue weighted by Gasteiger charge is -2.29. The summed E-state index contributed by atoms with van der Waals surface area (Å²) >= 11 is 3.72. The fraction of sp³-hybridized carbons (Fsp3) is 0.667. The van der Waals surface area contributed by atoms with Crippen LogP contribution in [0.4, 0.5) is 5.69 Å². The van der Waals surface area contributed by atoms with Gasteiger partial charge in [0.15, 0.2) is 0 Å². The largest absolute Gasteiger partial charge is 0.369 e. The van der Waals surface area contributed by atoms with E-state index in [-0.39, 0.29) is 6.04 Å². The van der Waals surface area contributed by atoms with Gasteiger partial charge in [0.05, 0.1) is 0 Å². The highest BCUT2D eigenvalue weighted by Gasteiger charge is 2.12. The molecule has 1 aromatic rings. The molecule has 3 heteroatoms. The molecule has 2 N–H and O–H groups in total. The topological polar surface area (TPSA) is 29.3 Å². The molecule has 0 bridgehead atoms. The number of halogens is 1. The van der Waals surface area contributed by atoms with Crippen molar-refractivity contribution in [1.29, 1.82) is 0 Å². The van der Waals surface area contributed by atoms with Crippen LogP contribution in [0, 0.1) is 0 Å². The summed E-state index contributed by atoms with van der Waals surface area (Å²) in [6, 6.07) is 7.50. The predicted molar refractivity (Wildman–Crippen MR) is 98.1 cm³/mol. The molecule has 120 valence electrons. The van der Waals surface area contributed by atoms with Gasteiger partial charge in [0.25, 0.3) is 0 Å². The monoisotopic (exact) mass is 354 g/mol. The Hall–Kier alpha value is -0.540. The third-order valence-electron chi connectivity index (χ3n) is 4.00. The standard InChI is InChI=1S/C18H31BrN2/c1-5-7-8-11-21(14(3)4)17-10-9-15(18(19)13-17)12-16(20)6-2/h9-10,13-14,16H,5-8,11-12,20H2,1-4H3. The van der Waals surface area contributed by atoms with Crippen LogP contribution in [0.3, 0.4) is 0 Å². The summed E-state index contributed by atoms with van der Waals surface area (Å²) in [4.78, 5) is 2.49. The van der Waals surface area contributed by atoms with Gasteiger partial charge >= 0.3 is 0 Å². The molecule has 0 radical (unpaired) electrons. The van der Waals surface area contributed by atoms with Crippen molar-refractivity contribution in [3.05, 3.63) is 28.2 Å². The van der Waals surface area contributed by atoms with E-state index in [0.717, 1.165) is 19.4 Å². The van der Waals surface area contributed by atoms with Gasteiger partial charge < -0.3 is 10.6 Å². The number of hydrogen-bond donors (Lipinski definition) is 1. The van der Waals surface area contributed by atoms with Crippen LogP contribution in [-0.4, -0.2) is 18.6 Å². The van der Waals surface area contributed by atoms with E-state index in [1.165, 1.54) is 35.0 Å². The summed E-state index contributed by atoms with van der Waals surface area (Å²) in [5.41, 5.74) is 8.69. The first kappa shape index (κ1) is 18.5. The van der Waals surface area contributed by atoms with E-state index in [2.05, 4.69) is 66.7 Å². The van der Waals surface area contributed by atoms with E-state index in [0.29, 0.717) is 6.04 Å². The summed E-state index contributed by atoms with van der Waals surface area (Å²) in [7, 11) is 0. The Morgan fingerprint density at radius 1 is 1.19 bits per heavy atom. The second-order valence-electron chi connectivity index (χ2n) is 6.14. The highest BCUT2D eigenvalue weighted by Crippen LogP contribution is 2.27. The number of hydrogen-bond acceptors (Lipinski definition) is 2. The number of nitrogens with zero attached hydrogens (tertiary/aromatic N) is 1. The van der Waals surface area contributed by atoms with Crippen molar-refractivity contribution in [3.8, 4) is 0 Å². The van der Waals surface area contributed by atoms with E-state index < -0.39 is 0 Å². The van der Waals surface area contributed by atoms with Crippen molar-refractivity contribution in [3.63, 3.8) is 0 Å². The van der Waals surface area contributed by atoms with Crippen LogP contribution >= 0.6 is 15.9 Å². The van der Waals surface area contributed by atoms with Gasteiger partial charge in [-0.15, -0.1) is 0 Å². The van der Waals surface area contributed by atoms with E-state index >= 15 is 0 Å². The lowest BCUT2D eigenvalue weighted by atomic mass is 10.0. The smallest absolute Gasteiger partial charge is 0.0380 e. The van der Waals surface area contributed by atoms with Crippen molar-refractivity contribution >= 4 is 21.6 Å². The number of unbranched alkanes of at least 4 members (excludes halogenated alkanes) is 2. The molecular weight excluding hydrogens is 324 g/mol. The van der Waals surface area contributed by atoms with Crippen molar-refractivity contribution in [2.24, 2.45) is 5.73 Å². The molecule has 2 nitrogen and oxygen atoms in total. The zero-order valence-corrected chi connectivity index (χ0v) is 15.6. The van der Waals surface area contributed by atoms with Crippen molar-refractivity contribution in [2.45, 2.75) is 71.9 Å². The average Bonchev–Trinajstić information content (AvgIpc) is 2.45. The highest BCUT2D eigenvalue weighted by molar-refractivity contribution is 9.10. The van der Waals surface area contributed by atoms with Gasteiger partial charge in [-0.3, -0.25) is 0 Å². The number of nitrogens with two attached hydrogens (primary N) is 1. The maximum Gasteiger partial charge on any atom is 0.0380 e. The van der Waals surface area contributed by atoms with Gasteiger partial charge in [-0.05, 0) is 50.8 Å². The molecule has 21 heavy (non-hydrogen) atoms. The Balaban J connectivity index is 2.83. The third-order valence-corrected chi connectivity index (χ3v) is 4.74. The molecule has 0 heterocycles. The Kier molecular flexibility index (Phi) is 8.35. The van der Waals surface area contributed by atoms with E-state index in [9.17, 15) is 0 Å². The SMILES string of the molecule is CCCCCN(c1ccc(CC(N)CC)c(Br)c1)C(C)C. The summed E-state index contributed by atoms with van der Waals surface area (Å²) in [5.74, 6) is 0. The van der Waals surface area contributed by atoms with Crippen LogP contribution in [0.5, 0.6) is 0 Å². The normalized spacial score (nSPS) is 12.7. The molecule has 1 rings (SSSR count). The van der Waals surface area contributed by atoms with Crippen LogP contribution < -0.4 is 10.6 Å². The predicted octanol–water partition coefficient (Wildman–Crippen LogP) is 5.13. The minimum absolute atomic E-state index is 0.248. The average molecular weight is 355 g/mol. The molecule has 1 unspecified atom stereocenters. The summed E-state index contributed by atoms with van der Waals surface area (Å²) in [5, 5.41) is 0. The molecule has 0 saturated carbocycles. The maximum atomic E-state index is 6.07. The first-order valence-electron chi connectivity index (χ1n) is 8.30. The highest BCUT2D eigenvalue weighted by atomic mass is 79.9. The fourth-order valence-electron chi connectivity index (χ4n) is 2.52. The van der Waals surface area contributed by atoms with Crippen LogP contribution in [0.15, 0.2) is 22.7 Å². The van der Waals surface area contributed by atoms with Crippen LogP contribution in [0.1, 0.15) is 58.9 Å². The Morgan fingerprint density at radius 3 is 2.43 bits per heavy atom. The fourth-order valence-corrected chi connectivity index (χ4v) is 3.05. The molecule has 0 spiro atoms. The molecule has 1 atom stereocenters. The second-order valence-corrected chi connectivity index (χ2v) is 7.00. The lowest BCUT2D eigenvalue weighted by molar-refractivity contribution is 0.625. The lowest BCUT2D eigenvalue weighted by Crippen LogP contribution is -2.31. The van der Waals surface area contributed by atoms with Crippen molar-refractivity contribution < 1.29 is 0 Å². The third kappa shape index (κ3) is 5.99. The molecule has 0 aliphatic carbocycles. The second kappa shape index (κ2) is 9.47. The molecule has 0 fully saturated rings. The van der Waals surface area contributed by atoms with Crippen LogP contribution in [-0.2, 0) is 6.42 Å². The Bertz CT molecular complexity index is 418. The molecule has 0 aliphatic heterocycles. The Morgan fingerprint density at radius 2 is 1.90 bits per heavy atom. The first-order chi connectivity index (χ1) is 9.99. The molecule has 0 amide bonds. The molecule has 0 saturated heterocycles. The number of rotatable bonds is 9. The molecular formula is C18H31BrN2. The minimum atomic E-state index is 0.248. The van der Waals surface area contributed by atoms with Gasteiger partial charge in [0, 0.05) is 28.8 Å². The maximum absolute atomic E-state index is 6.07. The van der Waals surface area contributed by atoms with Crippen molar-refractivity contribution in [1.82, 2.24) is 0 Å². The van der Waals surface area contributed by atoms with E-state index in [1.54, 1.807) is 0 Å². The quantitative estimate of drug-likeness (QED) is 0.622. The summed E-state index contributed by atoms with van der Waals surface area (Å²) < 4.78 is 1.19.